The summed E-state index contributed by atoms with van der Waals surface area (Å²) in [6.07, 6.45) is 1.21. The summed E-state index contributed by atoms with van der Waals surface area (Å²) in [5, 5.41) is 3.27. The summed E-state index contributed by atoms with van der Waals surface area (Å²) in [4.78, 5) is 0. The molecule has 0 aliphatic carbocycles. The average molecular weight is 144 g/mol. The van der Waals surface area contributed by atoms with E-state index in [1.807, 2.05) is 0 Å². The van der Waals surface area contributed by atoms with Crippen molar-refractivity contribution >= 4 is 0 Å². The Morgan fingerprint density at radius 3 is 3.10 bits per heavy atom. The minimum absolute atomic E-state index is 0.728. The number of hydrogen-bond acceptors (Lipinski definition) is 3. The lowest BCUT2D eigenvalue weighted by Gasteiger charge is -2.07. The van der Waals surface area contributed by atoms with Crippen molar-refractivity contribution in [1.82, 2.24) is 5.32 Å². The summed E-state index contributed by atoms with van der Waals surface area (Å²) in [7, 11) is 0. The smallest absolute Gasteiger partial charge is 0.0507 e. The van der Waals surface area contributed by atoms with E-state index < -0.39 is 0 Å². The van der Waals surface area contributed by atoms with Gasteiger partial charge in [0.1, 0.15) is 0 Å². The number of hydrogen-bond donors (Lipinski definition) is 2. The van der Waals surface area contributed by atoms with Crippen LogP contribution in [0, 0.1) is 5.92 Å². The number of rotatable bonds is 4. The molecule has 0 amide bonds. The van der Waals surface area contributed by atoms with Crippen LogP contribution < -0.4 is 11.1 Å². The van der Waals surface area contributed by atoms with E-state index in [-0.39, 0.29) is 0 Å². The van der Waals surface area contributed by atoms with Crippen LogP contribution in [-0.2, 0) is 4.74 Å². The first-order valence-electron chi connectivity index (χ1n) is 3.92. The summed E-state index contributed by atoms with van der Waals surface area (Å²) >= 11 is 0. The van der Waals surface area contributed by atoms with Crippen molar-refractivity contribution in [3.05, 3.63) is 0 Å². The average Bonchev–Trinajstić information content (AvgIpc) is 2.41. The van der Waals surface area contributed by atoms with Crippen LogP contribution in [0.15, 0.2) is 0 Å². The molecule has 1 aliphatic heterocycles. The van der Waals surface area contributed by atoms with Crippen LogP contribution in [0.5, 0.6) is 0 Å². The quantitative estimate of drug-likeness (QED) is 0.526. The largest absolute Gasteiger partial charge is 0.381 e. The predicted molar refractivity (Wildman–Crippen MR) is 40.9 cm³/mol. The molecule has 0 aromatic heterocycles. The SMILES string of the molecule is NCCNCC1CCOC1. The van der Waals surface area contributed by atoms with Gasteiger partial charge < -0.3 is 15.8 Å². The van der Waals surface area contributed by atoms with Gasteiger partial charge in [-0.05, 0) is 12.3 Å². The van der Waals surface area contributed by atoms with E-state index in [0.717, 1.165) is 38.8 Å². The molecule has 0 spiro atoms. The van der Waals surface area contributed by atoms with Gasteiger partial charge in [-0.3, -0.25) is 0 Å². The second-order valence-corrected chi connectivity index (χ2v) is 2.72. The topological polar surface area (TPSA) is 47.3 Å². The fourth-order valence-corrected chi connectivity index (χ4v) is 1.15. The molecule has 1 atom stereocenters. The predicted octanol–water partition coefficient (Wildman–Crippen LogP) is -0.429. The summed E-state index contributed by atoms with van der Waals surface area (Å²) in [5.41, 5.74) is 5.32. The molecule has 3 nitrogen and oxygen atoms in total. The second kappa shape index (κ2) is 4.66. The third-order valence-corrected chi connectivity index (χ3v) is 1.78. The molecule has 1 heterocycles. The maximum Gasteiger partial charge on any atom is 0.0507 e. The maximum atomic E-state index is 5.32. The van der Waals surface area contributed by atoms with Gasteiger partial charge in [0, 0.05) is 26.2 Å². The minimum atomic E-state index is 0.728. The number of ether oxygens (including phenoxy) is 1. The molecule has 1 saturated heterocycles. The van der Waals surface area contributed by atoms with Gasteiger partial charge in [-0.25, -0.2) is 0 Å². The van der Waals surface area contributed by atoms with E-state index in [4.69, 9.17) is 10.5 Å². The van der Waals surface area contributed by atoms with Gasteiger partial charge in [-0.1, -0.05) is 0 Å². The number of nitrogens with one attached hydrogen (secondary N) is 1. The summed E-state index contributed by atoms with van der Waals surface area (Å²) in [5.74, 6) is 0.728. The van der Waals surface area contributed by atoms with Crippen molar-refractivity contribution in [3.8, 4) is 0 Å². The monoisotopic (exact) mass is 144 g/mol. The van der Waals surface area contributed by atoms with Crippen molar-refractivity contribution < 1.29 is 4.74 Å². The third kappa shape index (κ3) is 2.64. The minimum Gasteiger partial charge on any atom is -0.381 e. The van der Waals surface area contributed by atoms with Crippen LogP contribution in [0.2, 0.25) is 0 Å². The Morgan fingerprint density at radius 1 is 1.60 bits per heavy atom. The molecule has 60 valence electrons. The normalized spacial score (nSPS) is 25.5. The van der Waals surface area contributed by atoms with Crippen LogP contribution in [0.1, 0.15) is 6.42 Å². The highest BCUT2D eigenvalue weighted by Crippen LogP contribution is 2.09. The van der Waals surface area contributed by atoms with Crippen LogP contribution >= 0.6 is 0 Å². The molecule has 0 radical (unpaired) electrons. The first-order valence-corrected chi connectivity index (χ1v) is 3.92. The van der Waals surface area contributed by atoms with Crippen LogP contribution in [0.25, 0.3) is 0 Å². The molecule has 1 aliphatic rings. The summed E-state index contributed by atoms with van der Waals surface area (Å²) < 4.78 is 5.22. The van der Waals surface area contributed by atoms with Crippen LogP contribution in [0.4, 0.5) is 0 Å². The highest BCUT2D eigenvalue weighted by Gasteiger charge is 2.13. The Labute approximate surface area is 61.9 Å². The first kappa shape index (κ1) is 7.98. The van der Waals surface area contributed by atoms with E-state index in [0.29, 0.717) is 0 Å². The zero-order valence-electron chi connectivity index (χ0n) is 6.31. The van der Waals surface area contributed by atoms with Gasteiger partial charge in [0.25, 0.3) is 0 Å². The zero-order valence-corrected chi connectivity index (χ0v) is 6.31. The molecule has 1 rings (SSSR count). The molecule has 0 aromatic carbocycles. The van der Waals surface area contributed by atoms with Crippen molar-refractivity contribution in [1.29, 1.82) is 0 Å². The van der Waals surface area contributed by atoms with Gasteiger partial charge >= 0.3 is 0 Å². The third-order valence-electron chi connectivity index (χ3n) is 1.78. The Morgan fingerprint density at radius 2 is 2.50 bits per heavy atom. The zero-order chi connectivity index (χ0) is 7.23. The Bertz CT molecular complexity index is 81.7. The van der Waals surface area contributed by atoms with Crippen molar-refractivity contribution in [2.45, 2.75) is 6.42 Å². The molecule has 10 heavy (non-hydrogen) atoms. The van der Waals surface area contributed by atoms with E-state index >= 15 is 0 Å². The van der Waals surface area contributed by atoms with Crippen molar-refractivity contribution in [3.63, 3.8) is 0 Å². The van der Waals surface area contributed by atoms with Crippen LogP contribution in [-0.4, -0.2) is 32.8 Å². The molecule has 1 fully saturated rings. The molecular formula is C7H16N2O. The summed E-state index contributed by atoms with van der Waals surface area (Å²) in [6.45, 7) is 4.59. The van der Waals surface area contributed by atoms with E-state index in [2.05, 4.69) is 5.32 Å². The first-order chi connectivity index (χ1) is 4.93. The van der Waals surface area contributed by atoms with Crippen molar-refractivity contribution in [2.75, 3.05) is 32.8 Å². The Balaban J connectivity index is 1.91. The van der Waals surface area contributed by atoms with E-state index in [1.54, 1.807) is 0 Å². The van der Waals surface area contributed by atoms with Gasteiger partial charge in [-0.15, -0.1) is 0 Å². The maximum absolute atomic E-state index is 5.32. The van der Waals surface area contributed by atoms with Crippen LogP contribution in [0.3, 0.4) is 0 Å². The number of nitrogens with two attached hydrogens (primary N) is 1. The highest BCUT2D eigenvalue weighted by atomic mass is 16.5. The van der Waals surface area contributed by atoms with Gasteiger partial charge in [-0.2, -0.15) is 0 Å². The van der Waals surface area contributed by atoms with Crippen molar-refractivity contribution in [2.24, 2.45) is 11.7 Å². The van der Waals surface area contributed by atoms with Gasteiger partial charge in [0.2, 0.25) is 0 Å². The fourth-order valence-electron chi connectivity index (χ4n) is 1.15. The second-order valence-electron chi connectivity index (χ2n) is 2.72. The Hall–Kier alpha value is -0.120. The molecule has 3 N–H and O–H groups in total. The lowest BCUT2D eigenvalue weighted by atomic mass is 10.1. The highest BCUT2D eigenvalue weighted by molar-refractivity contribution is 4.66. The summed E-state index contributed by atoms with van der Waals surface area (Å²) in [6, 6.07) is 0. The molecule has 1 unspecified atom stereocenters. The molecule has 0 aromatic rings. The van der Waals surface area contributed by atoms with E-state index in [1.165, 1.54) is 6.42 Å². The molecule has 0 saturated carbocycles. The Kier molecular flexibility index (Phi) is 3.72. The molecular weight excluding hydrogens is 128 g/mol. The van der Waals surface area contributed by atoms with Gasteiger partial charge in [0.05, 0.1) is 6.61 Å². The lowest BCUT2D eigenvalue weighted by molar-refractivity contribution is 0.185. The fraction of sp³-hybridized carbons (Fsp3) is 1.00. The van der Waals surface area contributed by atoms with E-state index in [9.17, 15) is 0 Å². The molecule has 3 heteroatoms. The standard InChI is InChI=1S/C7H16N2O/c8-2-3-9-5-7-1-4-10-6-7/h7,9H,1-6,8H2. The molecule has 0 bridgehead atoms. The van der Waals surface area contributed by atoms with Gasteiger partial charge in [0.15, 0.2) is 0 Å². The lowest BCUT2D eigenvalue weighted by Crippen LogP contribution is -2.28.